The van der Waals surface area contributed by atoms with Crippen molar-refractivity contribution in [3.63, 3.8) is 0 Å². The third-order valence-corrected chi connectivity index (χ3v) is 3.44. The van der Waals surface area contributed by atoms with Crippen molar-refractivity contribution in [2.75, 3.05) is 19.5 Å². The number of aliphatic imine (C=N–C) groups is 1. The molecule has 2 aromatic rings. The van der Waals surface area contributed by atoms with E-state index in [1.165, 1.54) is 7.11 Å². The second-order valence-corrected chi connectivity index (χ2v) is 5.05. The summed E-state index contributed by atoms with van der Waals surface area (Å²) in [5, 5.41) is 13.4. The quantitative estimate of drug-likeness (QED) is 0.358. The Labute approximate surface area is 162 Å². The Hall–Kier alpha value is -1.87. The van der Waals surface area contributed by atoms with Gasteiger partial charge in [-0.05, 0) is 24.3 Å². The Bertz CT molecular complexity index is 726. The summed E-state index contributed by atoms with van der Waals surface area (Å²) in [6, 6.07) is 10.4. The van der Waals surface area contributed by atoms with Gasteiger partial charge in [-0.2, -0.15) is 0 Å². The Morgan fingerprint density at radius 2 is 1.92 bits per heavy atom. The number of phenolic OH excluding ortho intramolecular Hbond substituents is 1. The number of guanidine groups is 1. The number of methoxy groups -OCH3 is 2. The molecule has 0 aliphatic carbocycles. The largest absolute Gasteiger partial charge is 0.504 e. The summed E-state index contributed by atoms with van der Waals surface area (Å²) in [6.45, 7) is 0.214. The molecule has 0 radical (unpaired) electrons. The second-order valence-electron chi connectivity index (χ2n) is 4.64. The molecule has 0 aliphatic heterocycles. The first-order chi connectivity index (χ1) is 11.0. The van der Waals surface area contributed by atoms with Gasteiger partial charge in [-0.15, -0.1) is 24.0 Å². The number of nitrogens with one attached hydrogen (secondary N) is 1. The maximum atomic E-state index is 10.00. The minimum Gasteiger partial charge on any atom is -0.504 e. The van der Waals surface area contributed by atoms with Crippen LogP contribution in [0.1, 0.15) is 5.56 Å². The zero-order chi connectivity index (χ0) is 16.8. The van der Waals surface area contributed by atoms with E-state index in [9.17, 15) is 5.11 Å². The summed E-state index contributed by atoms with van der Waals surface area (Å²) in [4.78, 5) is 4.19. The van der Waals surface area contributed by atoms with Crippen molar-refractivity contribution in [2.24, 2.45) is 10.7 Å². The number of hydrogen-bond acceptors (Lipinski definition) is 4. The van der Waals surface area contributed by atoms with Crippen LogP contribution in [0.15, 0.2) is 41.4 Å². The molecule has 0 bridgehead atoms. The summed E-state index contributed by atoms with van der Waals surface area (Å²) < 4.78 is 10.1. The topological polar surface area (TPSA) is 89.1 Å². The van der Waals surface area contributed by atoms with E-state index in [2.05, 4.69) is 10.3 Å². The number of ether oxygens (including phenoxy) is 2. The van der Waals surface area contributed by atoms with Gasteiger partial charge in [-0.3, -0.25) is 0 Å². The van der Waals surface area contributed by atoms with Crippen LogP contribution in [0.3, 0.4) is 0 Å². The van der Waals surface area contributed by atoms with E-state index in [0.717, 1.165) is 0 Å². The highest BCUT2D eigenvalue weighted by Gasteiger charge is 2.07. The average molecular weight is 464 g/mol. The lowest BCUT2D eigenvalue weighted by atomic mass is 10.2. The Balaban J connectivity index is 0.00000288. The molecule has 2 aromatic carbocycles. The summed E-state index contributed by atoms with van der Waals surface area (Å²) >= 11 is 6.05. The molecule has 0 saturated carbocycles. The van der Waals surface area contributed by atoms with E-state index < -0.39 is 0 Å². The standard InChI is InChI=1S/C16H18ClN3O3.HI/c1-22-13-7-6-11(8-12(13)17)20-16(18)19-9-10-4-3-5-14(23-2)15(10)21;/h3-8,21H,9H2,1-2H3,(H3,18,19,20);1H. The van der Waals surface area contributed by atoms with Crippen LogP contribution in [0.25, 0.3) is 0 Å². The van der Waals surface area contributed by atoms with Crippen LogP contribution in [-0.4, -0.2) is 25.3 Å². The molecule has 0 unspecified atom stereocenters. The van der Waals surface area contributed by atoms with Gasteiger partial charge in [0.2, 0.25) is 0 Å². The first-order valence-corrected chi connectivity index (χ1v) is 7.18. The van der Waals surface area contributed by atoms with E-state index in [4.69, 9.17) is 26.8 Å². The summed E-state index contributed by atoms with van der Waals surface area (Å²) in [6.07, 6.45) is 0. The number of rotatable bonds is 5. The van der Waals surface area contributed by atoms with Crippen molar-refractivity contribution in [2.45, 2.75) is 6.54 Å². The molecule has 2 rings (SSSR count). The molecule has 6 nitrogen and oxygen atoms in total. The van der Waals surface area contributed by atoms with E-state index >= 15 is 0 Å². The maximum Gasteiger partial charge on any atom is 0.193 e. The fourth-order valence-electron chi connectivity index (χ4n) is 1.96. The molecule has 24 heavy (non-hydrogen) atoms. The molecule has 0 saturated heterocycles. The molecule has 0 aromatic heterocycles. The lowest BCUT2D eigenvalue weighted by molar-refractivity contribution is 0.370. The fraction of sp³-hybridized carbons (Fsp3) is 0.188. The molecule has 8 heteroatoms. The molecule has 0 atom stereocenters. The number of nitrogens with two attached hydrogens (primary N) is 1. The molecular weight excluding hydrogens is 445 g/mol. The molecule has 0 fully saturated rings. The molecule has 0 heterocycles. The monoisotopic (exact) mass is 463 g/mol. The van der Waals surface area contributed by atoms with Gasteiger partial charge in [-0.1, -0.05) is 23.7 Å². The number of anilines is 1. The first kappa shape index (κ1) is 20.2. The van der Waals surface area contributed by atoms with Gasteiger partial charge < -0.3 is 25.6 Å². The predicted octanol–water partition coefficient (Wildman–Crippen LogP) is 3.61. The average Bonchev–Trinajstić information content (AvgIpc) is 2.54. The molecule has 0 spiro atoms. The van der Waals surface area contributed by atoms with Crippen LogP contribution >= 0.6 is 35.6 Å². The first-order valence-electron chi connectivity index (χ1n) is 6.80. The van der Waals surface area contributed by atoms with Gasteiger partial charge in [0.1, 0.15) is 5.75 Å². The Kier molecular flexibility index (Phi) is 7.93. The minimum absolute atomic E-state index is 0. The summed E-state index contributed by atoms with van der Waals surface area (Å²) in [5.41, 5.74) is 7.15. The molecule has 0 aliphatic rings. The number of benzene rings is 2. The third kappa shape index (κ3) is 5.07. The van der Waals surface area contributed by atoms with Crippen LogP contribution in [0.2, 0.25) is 5.02 Å². The number of halogens is 2. The number of aromatic hydroxyl groups is 1. The van der Waals surface area contributed by atoms with Crippen molar-refractivity contribution >= 4 is 47.2 Å². The molecule has 4 N–H and O–H groups in total. The maximum absolute atomic E-state index is 10.00. The summed E-state index contributed by atoms with van der Waals surface area (Å²) in [5.74, 6) is 1.23. The molecule has 0 amide bonds. The SMILES string of the molecule is COc1ccc(NC(N)=NCc2cccc(OC)c2O)cc1Cl.I. The smallest absolute Gasteiger partial charge is 0.193 e. The van der Waals surface area contributed by atoms with Gasteiger partial charge in [0, 0.05) is 11.3 Å². The number of phenols is 1. The van der Waals surface area contributed by atoms with E-state index in [1.54, 1.807) is 43.5 Å². The Morgan fingerprint density at radius 3 is 2.54 bits per heavy atom. The minimum atomic E-state index is 0. The van der Waals surface area contributed by atoms with E-state index in [0.29, 0.717) is 27.8 Å². The van der Waals surface area contributed by atoms with Crippen LogP contribution in [0, 0.1) is 0 Å². The molecule has 130 valence electrons. The fourth-order valence-corrected chi connectivity index (χ4v) is 2.22. The van der Waals surface area contributed by atoms with Crippen LogP contribution in [0.4, 0.5) is 5.69 Å². The number of hydrogen-bond donors (Lipinski definition) is 3. The van der Waals surface area contributed by atoms with Crippen molar-refractivity contribution in [1.29, 1.82) is 0 Å². The zero-order valence-corrected chi connectivity index (χ0v) is 16.3. The third-order valence-electron chi connectivity index (χ3n) is 3.15. The molecular formula is C16H19ClIN3O3. The van der Waals surface area contributed by atoms with Gasteiger partial charge >= 0.3 is 0 Å². The van der Waals surface area contributed by atoms with Crippen molar-refractivity contribution in [3.05, 3.63) is 47.0 Å². The van der Waals surface area contributed by atoms with Crippen molar-refractivity contribution in [3.8, 4) is 17.2 Å². The Morgan fingerprint density at radius 1 is 1.21 bits per heavy atom. The number of nitrogens with zero attached hydrogens (tertiary/aromatic N) is 1. The lowest BCUT2D eigenvalue weighted by Crippen LogP contribution is -2.22. The normalized spacial score (nSPS) is 10.7. The highest BCUT2D eigenvalue weighted by molar-refractivity contribution is 14.0. The van der Waals surface area contributed by atoms with Crippen LogP contribution < -0.4 is 20.5 Å². The highest BCUT2D eigenvalue weighted by atomic mass is 127. The van der Waals surface area contributed by atoms with Gasteiger partial charge in [-0.25, -0.2) is 4.99 Å². The lowest BCUT2D eigenvalue weighted by Gasteiger charge is -2.09. The van der Waals surface area contributed by atoms with Crippen LogP contribution in [-0.2, 0) is 6.54 Å². The van der Waals surface area contributed by atoms with Crippen LogP contribution in [0.5, 0.6) is 17.2 Å². The van der Waals surface area contributed by atoms with Gasteiger partial charge in [0.15, 0.2) is 17.5 Å². The number of para-hydroxylation sites is 1. The highest BCUT2D eigenvalue weighted by Crippen LogP contribution is 2.30. The van der Waals surface area contributed by atoms with E-state index in [1.807, 2.05) is 0 Å². The summed E-state index contributed by atoms with van der Waals surface area (Å²) in [7, 11) is 3.04. The van der Waals surface area contributed by atoms with Gasteiger partial charge in [0.05, 0.1) is 25.8 Å². The van der Waals surface area contributed by atoms with E-state index in [-0.39, 0.29) is 42.2 Å². The van der Waals surface area contributed by atoms with Gasteiger partial charge in [0.25, 0.3) is 0 Å². The zero-order valence-electron chi connectivity index (χ0n) is 13.2. The predicted molar refractivity (Wildman–Crippen MR) is 107 cm³/mol. The second kappa shape index (κ2) is 9.43. The van der Waals surface area contributed by atoms with Crippen molar-refractivity contribution in [1.82, 2.24) is 0 Å². The van der Waals surface area contributed by atoms with Crippen molar-refractivity contribution < 1.29 is 14.6 Å².